The number of aromatic nitrogens is 1. The first-order chi connectivity index (χ1) is 9.78. The van der Waals surface area contributed by atoms with Gasteiger partial charge in [0, 0.05) is 25.5 Å². The highest BCUT2D eigenvalue weighted by molar-refractivity contribution is 5.96. The Hall–Kier alpha value is -1.90. The quantitative estimate of drug-likeness (QED) is 0.751. The first kappa shape index (κ1) is 13.1. The first-order valence-electron chi connectivity index (χ1n) is 6.85. The second-order valence-electron chi connectivity index (χ2n) is 5.09. The fourth-order valence-corrected chi connectivity index (χ4v) is 2.78. The second-order valence-corrected chi connectivity index (χ2v) is 5.09. The Bertz CT molecular complexity index is 564. The molecule has 0 radical (unpaired) electrons. The zero-order valence-electron chi connectivity index (χ0n) is 11.2. The summed E-state index contributed by atoms with van der Waals surface area (Å²) in [6, 6.07) is 1.72. The fraction of sp³-hybridized carbons (Fsp3) is 0.467. The molecule has 2 aliphatic rings. The Morgan fingerprint density at radius 1 is 1.45 bits per heavy atom. The van der Waals surface area contributed by atoms with Crippen molar-refractivity contribution in [1.29, 1.82) is 0 Å². The molecule has 104 valence electrons. The van der Waals surface area contributed by atoms with Gasteiger partial charge in [0.25, 0.3) is 5.91 Å². The van der Waals surface area contributed by atoms with Crippen LogP contribution in [0.3, 0.4) is 0 Å². The number of likely N-dealkylation sites (tertiary alicyclic amines) is 1. The molecule has 3 rings (SSSR count). The van der Waals surface area contributed by atoms with Crippen molar-refractivity contribution in [3.8, 4) is 11.8 Å². The summed E-state index contributed by atoms with van der Waals surface area (Å²) < 4.78 is 5.76. The minimum absolute atomic E-state index is 0.00826. The molecule has 1 aromatic heterocycles. The number of fused-ring (bicyclic) bond motifs is 2. The summed E-state index contributed by atoms with van der Waals surface area (Å²) in [4.78, 5) is 18.5. The standard InChI is InChI=1S/C15H17N3O2/c16-6-1-2-11-8-17-7-5-14(11)15(19)18-9-12-3-4-13(10-18)20-12/h5,7-8,12-13H,3-4,6,9-10,16H2. The van der Waals surface area contributed by atoms with Gasteiger partial charge in [-0.05, 0) is 18.9 Å². The molecule has 3 heterocycles. The van der Waals surface area contributed by atoms with Gasteiger partial charge in [0.05, 0.1) is 29.9 Å². The van der Waals surface area contributed by atoms with Gasteiger partial charge in [0.1, 0.15) is 0 Å². The molecule has 2 atom stereocenters. The number of amides is 1. The molecule has 2 N–H and O–H groups in total. The summed E-state index contributed by atoms with van der Waals surface area (Å²) in [5.74, 6) is 5.70. The maximum absolute atomic E-state index is 12.6. The molecule has 0 aromatic carbocycles. The molecule has 2 fully saturated rings. The number of rotatable bonds is 1. The van der Waals surface area contributed by atoms with Crippen molar-refractivity contribution in [2.45, 2.75) is 25.0 Å². The van der Waals surface area contributed by atoms with Crippen molar-refractivity contribution in [2.24, 2.45) is 5.73 Å². The molecule has 5 nitrogen and oxygen atoms in total. The van der Waals surface area contributed by atoms with Crippen LogP contribution < -0.4 is 5.73 Å². The van der Waals surface area contributed by atoms with E-state index in [-0.39, 0.29) is 24.7 Å². The number of nitrogens with two attached hydrogens (primary N) is 1. The highest BCUT2D eigenvalue weighted by atomic mass is 16.5. The number of ether oxygens (including phenoxy) is 1. The maximum Gasteiger partial charge on any atom is 0.255 e. The number of hydrogen-bond acceptors (Lipinski definition) is 4. The summed E-state index contributed by atoms with van der Waals surface area (Å²) in [7, 11) is 0. The van der Waals surface area contributed by atoms with Crippen LogP contribution in [0.25, 0.3) is 0 Å². The number of hydrogen-bond donors (Lipinski definition) is 1. The minimum Gasteiger partial charge on any atom is -0.371 e. The minimum atomic E-state index is 0.00826. The topological polar surface area (TPSA) is 68.5 Å². The normalized spacial score (nSPS) is 24.1. The van der Waals surface area contributed by atoms with Crippen molar-refractivity contribution >= 4 is 5.91 Å². The fourth-order valence-electron chi connectivity index (χ4n) is 2.78. The van der Waals surface area contributed by atoms with Gasteiger partial charge in [-0.25, -0.2) is 0 Å². The molecule has 20 heavy (non-hydrogen) atoms. The lowest BCUT2D eigenvalue weighted by Gasteiger charge is -2.32. The summed E-state index contributed by atoms with van der Waals surface area (Å²) in [6.07, 6.45) is 5.71. The molecule has 1 amide bonds. The molecular formula is C15H17N3O2. The van der Waals surface area contributed by atoms with Crippen molar-refractivity contribution in [3.05, 3.63) is 29.6 Å². The van der Waals surface area contributed by atoms with Gasteiger partial charge >= 0.3 is 0 Å². The summed E-state index contributed by atoms with van der Waals surface area (Å²) >= 11 is 0. The number of carbonyl (C=O) groups is 1. The zero-order chi connectivity index (χ0) is 13.9. The van der Waals surface area contributed by atoms with Gasteiger partial charge in [-0.2, -0.15) is 0 Å². The van der Waals surface area contributed by atoms with E-state index in [0.717, 1.165) is 12.8 Å². The highest BCUT2D eigenvalue weighted by Gasteiger charge is 2.36. The van der Waals surface area contributed by atoms with Crippen LogP contribution in [0.2, 0.25) is 0 Å². The third-order valence-electron chi connectivity index (χ3n) is 3.71. The molecule has 0 saturated carbocycles. The summed E-state index contributed by atoms with van der Waals surface area (Å²) in [6.45, 7) is 1.60. The first-order valence-corrected chi connectivity index (χ1v) is 6.85. The van der Waals surface area contributed by atoms with E-state index in [4.69, 9.17) is 10.5 Å². The molecule has 1 aromatic rings. The number of pyridine rings is 1. The molecule has 0 aliphatic carbocycles. The van der Waals surface area contributed by atoms with Gasteiger partial charge in [-0.1, -0.05) is 11.8 Å². The van der Waals surface area contributed by atoms with E-state index in [1.54, 1.807) is 18.5 Å². The monoisotopic (exact) mass is 271 g/mol. The lowest BCUT2D eigenvalue weighted by atomic mass is 10.1. The average molecular weight is 271 g/mol. The van der Waals surface area contributed by atoms with Crippen LogP contribution in [0.15, 0.2) is 18.5 Å². The lowest BCUT2D eigenvalue weighted by molar-refractivity contribution is -0.0303. The van der Waals surface area contributed by atoms with Crippen molar-refractivity contribution in [2.75, 3.05) is 19.6 Å². The SMILES string of the molecule is NCC#Cc1cnccc1C(=O)N1CC2CCC(C1)O2. The summed E-state index contributed by atoms with van der Waals surface area (Å²) in [5, 5.41) is 0. The smallest absolute Gasteiger partial charge is 0.255 e. The van der Waals surface area contributed by atoms with Crippen LogP contribution in [-0.2, 0) is 4.74 Å². The second kappa shape index (κ2) is 5.61. The largest absolute Gasteiger partial charge is 0.371 e. The van der Waals surface area contributed by atoms with Gasteiger partial charge in [0.15, 0.2) is 0 Å². The van der Waals surface area contributed by atoms with Gasteiger partial charge in [0.2, 0.25) is 0 Å². The van der Waals surface area contributed by atoms with Crippen molar-refractivity contribution in [1.82, 2.24) is 9.88 Å². The van der Waals surface area contributed by atoms with E-state index in [1.807, 2.05) is 4.90 Å². The van der Waals surface area contributed by atoms with Gasteiger partial charge < -0.3 is 15.4 Å². The van der Waals surface area contributed by atoms with Crippen LogP contribution in [0.5, 0.6) is 0 Å². The van der Waals surface area contributed by atoms with E-state index in [9.17, 15) is 4.79 Å². The third-order valence-corrected chi connectivity index (χ3v) is 3.71. The molecule has 5 heteroatoms. The highest BCUT2D eigenvalue weighted by Crippen LogP contribution is 2.27. The van der Waals surface area contributed by atoms with E-state index >= 15 is 0 Å². The van der Waals surface area contributed by atoms with E-state index in [2.05, 4.69) is 16.8 Å². The number of carbonyl (C=O) groups excluding carboxylic acids is 1. The van der Waals surface area contributed by atoms with E-state index in [0.29, 0.717) is 24.2 Å². The number of morpholine rings is 1. The average Bonchev–Trinajstić information content (AvgIpc) is 2.83. The summed E-state index contributed by atoms with van der Waals surface area (Å²) in [5.41, 5.74) is 6.62. The molecule has 2 bridgehead atoms. The third kappa shape index (κ3) is 2.53. The van der Waals surface area contributed by atoms with Crippen LogP contribution in [-0.4, -0.2) is 47.6 Å². The van der Waals surface area contributed by atoms with Gasteiger partial charge in [-0.3, -0.25) is 9.78 Å². The van der Waals surface area contributed by atoms with Crippen LogP contribution >= 0.6 is 0 Å². The Morgan fingerprint density at radius 2 is 2.20 bits per heavy atom. The van der Waals surface area contributed by atoms with Crippen LogP contribution in [0.4, 0.5) is 0 Å². The predicted octanol–water partition coefficient (Wildman–Crippen LogP) is 0.395. The van der Waals surface area contributed by atoms with Gasteiger partial charge in [-0.15, -0.1) is 0 Å². The molecule has 0 spiro atoms. The number of nitrogens with zero attached hydrogens (tertiary/aromatic N) is 2. The Balaban J connectivity index is 1.83. The van der Waals surface area contributed by atoms with Crippen molar-refractivity contribution in [3.63, 3.8) is 0 Å². The Labute approximate surface area is 118 Å². The lowest BCUT2D eigenvalue weighted by Crippen LogP contribution is -2.46. The Kier molecular flexibility index (Phi) is 3.68. The molecular weight excluding hydrogens is 254 g/mol. The van der Waals surface area contributed by atoms with Crippen LogP contribution in [0, 0.1) is 11.8 Å². The molecule has 2 saturated heterocycles. The van der Waals surface area contributed by atoms with Crippen LogP contribution in [0.1, 0.15) is 28.8 Å². The maximum atomic E-state index is 12.6. The van der Waals surface area contributed by atoms with E-state index in [1.165, 1.54) is 0 Å². The molecule has 2 unspecified atom stereocenters. The van der Waals surface area contributed by atoms with E-state index < -0.39 is 0 Å². The molecule has 2 aliphatic heterocycles. The zero-order valence-corrected chi connectivity index (χ0v) is 11.2. The van der Waals surface area contributed by atoms with Crippen molar-refractivity contribution < 1.29 is 9.53 Å². The Morgan fingerprint density at radius 3 is 2.90 bits per heavy atom. The predicted molar refractivity (Wildman–Crippen MR) is 74.0 cm³/mol.